The van der Waals surface area contributed by atoms with Gasteiger partial charge in [0.25, 0.3) is 5.91 Å². The fourth-order valence-electron chi connectivity index (χ4n) is 4.36. The molecule has 1 amide bonds. The molecule has 1 aromatic heterocycles. The van der Waals surface area contributed by atoms with E-state index in [9.17, 15) is 14.4 Å². The normalized spacial score (nSPS) is 12.2. The van der Waals surface area contributed by atoms with Gasteiger partial charge in [-0.05, 0) is 42.0 Å². The lowest BCUT2D eigenvalue weighted by molar-refractivity contribution is 0.0979. The molecule has 0 atom stereocenters. The van der Waals surface area contributed by atoms with Crippen LogP contribution in [0.25, 0.3) is 10.9 Å². The number of aromatic amines is 1. The first-order chi connectivity index (χ1) is 17.6. The Morgan fingerprint density at radius 3 is 2.25 bits per heavy atom. The second-order valence-corrected chi connectivity index (χ2v) is 8.47. The molecule has 7 nitrogen and oxygen atoms in total. The fourth-order valence-corrected chi connectivity index (χ4v) is 4.36. The van der Waals surface area contributed by atoms with Crippen molar-refractivity contribution in [2.45, 2.75) is 6.61 Å². The highest BCUT2D eigenvalue weighted by Gasteiger charge is 2.29. The Morgan fingerprint density at radius 2 is 1.47 bits per heavy atom. The van der Waals surface area contributed by atoms with Crippen molar-refractivity contribution in [2.75, 3.05) is 5.32 Å². The van der Waals surface area contributed by atoms with E-state index in [1.54, 1.807) is 78.9 Å². The highest BCUT2D eigenvalue weighted by molar-refractivity contribution is 6.28. The van der Waals surface area contributed by atoms with Gasteiger partial charge >= 0.3 is 0 Å². The molecule has 174 valence electrons. The summed E-state index contributed by atoms with van der Waals surface area (Å²) in [6.45, 7) is 0.216. The molecular formula is C29H19N3O4. The van der Waals surface area contributed by atoms with E-state index >= 15 is 0 Å². The lowest BCUT2D eigenvalue weighted by atomic mass is 9.83. The zero-order chi connectivity index (χ0) is 24.6. The first-order valence-corrected chi connectivity index (χ1v) is 11.4. The van der Waals surface area contributed by atoms with Crippen LogP contribution in [0.3, 0.4) is 0 Å². The van der Waals surface area contributed by atoms with Crippen LogP contribution in [0.4, 0.5) is 5.82 Å². The third-order valence-electron chi connectivity index (χ3n) is 6.20. The zero-order valence-electron chi connectivity index (χ0n) is 18.9. The number of carbonyl (C=O) groups excluding carboxylic acids is 3. The van der Waals surface area contributed by atoms with Crippen LogP contribution < -0.4 is 10.1 Å². The molecule has 0 spiro atoms. The molecule has 0 saturated carbocycles. The molecule has 4 aromatic carbocycles. The summed E-state index contributed by atoms with van der Waals surface area (Å²) in [4.78, 5) is 38.2. The highest BCUT2D eigenvalue weighted by atomic mass is 16.5. The van der Waals surface area contributed by atoms with Gasteiger partial charge in [0.05, 0.1) is 5.52 Å². The van der Waals surface area contributed by atoms with Gasteiger partial charge in [-0.15, -0.1) is 0 Å². The molecule has 0 saturated heterocycles. The number of ether oxygens (including phenoxy) is 1. The van der Waals surface area contributed by atoms with Crippen LogP contribution in [0.15, 0.2) is 91.0 Å². The van der Waals surface area contributed by atoms with E-state index in [1.807, 2.05) is 12.1 Å². The number of hydrogen-bond acceptors (Lipinski definition) is 5. The number of amides is 1. The number of hydrogen-bond donors (Lipinski definition) is 2. The second kappa shape index (κ2) is 8.63. The summed E-state index contributed by atoms with van der Waals surface area (Å²) in [6.07, 6.45) is 0. The molecular weight excluding hydrogens is 454 g/mol. The molecule has 0 fully saturated rings. The van der Waals surface area contributed by atoms with Gasteiger partial charge in [0.1, 0.15) is 12.4 Å². The van der Waals surface area contributed by atoms with Gasteiger partial charge in [-0.3, -0.25) is 19.5 Å². The van der Waals surface area contributed by atoms with Crippen LogP contribution in [-0.2, 0) is 6.61 Å². The standard InChI is InChI=1S/C29H19N3O4/c33-26-20-8-4-5-9-21(20)27(34)24-14-17(10-12-22(24)26)16-36-19-11-13-23-25(15-19)31-32-28(23)30-29(35)18-6-2-1-3-7-18/h1-15H,16H2,(H2,30,31,32,35). The number of fused-ring (bicyclic) bond motifs is 3. The van der Waals surface area contributed by atoms with E-state index in [4.69, 9.17) is 4.74 Å². The summed E-state index contributed by atoms with van der Waals surface area (Å²) in [5.74, 6) is 0.479. The van der Waals surface area contributed by atoms with Crippen molar-refractivity contribution in [3.63, 3.8) is 0 Å². The van der Waals surface area contributed by atoms with Crippen molar-refractivity contribution in [2.24, 2.45) is 0 Å². The Morgan fingerprint density at radius 1 is 0.778 bits per heavy atom. The second-order valence-electron chi connectivity index (χ2n) is 8.47. The van der Waals surface area contributed by atoms with Crippen LogP contribution in [0, 0.1) is 0 Å². The molecule has 5 aromatic rings. The number of H-pyrrole nitrogens is 1. The number of ketones is 2. The predicted molar refractivity (Wildman–Crippen MR) is 135 cm³/mol. The summed E-state index contributed by atoms with van der Waals surface area (Å²) >= 11 is 0. The summed E-state index contributed by atoms with van der Waals surface area (Å²) in [5.41, 5.74) is 3.68. The van der Waals surface area contributed by atoms with E-state index in [0.717, 1.165) is 10.9 Å². The topological polar surface area (TPSA) is 101 Å². The van der Waals surface area contributed by atoms with Crippen molar-refractivity contribution in [1.29, 1.82) is 0 Å². The first kappa shape index (κ1) is 21.5. The Labute approximate surface area is 205 Å². The van der Waals surface area contributed by atoms with E-state index in [1.165, 1.54) is 0 Å². The molecule has 0 aliphatic heterocycles. The van der Waals surface area contributed by atoms with Gasteiger partial charge in [-0.1, -0.05) is 48.5 Å². The minimum Gasteiger partial charge on any atom is -0.489 e. The Kier molecular flexibility index (Phi) is 5.15. The van der Waals surface area contributed by atoms with E-state index in [-0.39, 0.29) is 24.1 Å². The fraction of sp³-hybridized carbons (Fsp3) is 0.0345. The van der Waals surface area contributed by atoms with Crippen LogP contribution in [0.1, 0.15) is 47.8 Å². The van der Waals surface area contributed by atoms with Crippen LogP contribution >= 0.6 is 0 Å². The van der Waals surface area contributed by atoms with Crippen LogP contribution in [0.5, 0.6) is 5.75 Å². The summed E-state index contributed by atoms with van der Waals surface area (Å²) in [5, 5.41) is 10.7. The Hall–Kier alpha value is -5.04. The number of aromatic nitrogens is 2. The molecule has 1 heterocycles. The number of carbonyl (C=O) groups is 3. The Bertz CT molecular complexity index is 1670. The molecule has 2 N–H and O–H groups in total. The minimum absolute atomic E-state index is 0.146. The van der Waals surface area contributed by atoms with Crippen molar-refractivity contribution in [3.8, 4) is 5.75 Å². The quantitative estimate of drug-likeness (QED) is 0.360. The van der Waals surface area contributed by atoms with Crippen molar-refractivity contribution in [1.82, 2.24) is 10.2 Å². The molecule has 0 bridgehead atoms. The van der Waals surface area contributed by atoms with E-state index < -0.39 is 0 Å². The van der Waals surface area contributed by atoms with Gasteiger partial charge < -0.3 is 10.1 Å². The molecule has 7 heteroatoms. The lowest BCUT2D eigenvalue weighted by Gasteiger charge is -2.18. The van der Waals surface area contributed by atoms with Gasteiger partial charge in [-0.2, -0.15) is 5.10 Å². The molecule has 6 rings (SSSR count). The average Bonchev–Trinajstić information content (AvgIpc) is 3.32. The monoisotopic (exact) mass is 473 g/mol. The van der Waals surface area contributed by atoms with Gasteiger partial charge in [-0.25, -0.2) is 0 Å². The molecule has 36 heavy (non-hydrogen) atoms. The van der Waals surface area contributed by atoms with Crippen LogP contribution in [-0.4, -0.2) is 27.7 Å². The minimum atomic E-state index is -0.243. The summed E-state index contributed by atoms with van der Waals surface area (Å²) in [6, 6.07) is 26.4. The molecule has 1 aliphatic rings. The highest BCUT2D eigenvalue weighted by Crippen LogP contribution is 2.29. The maximum atomic E-state index is 13.0. The number of rotatable bonds is 5. The maximum absolute atomic E-state index is 13.0. The third-order valence-corrected chi connectivity index (χ3v) is 6.20. The van der Waals surface area contributed by atoms with E-state index in [2.05, 4.69) is 15.5 Å². The average molecular weight is 473 g/mol. The number of nitrogens with one attached hydrogen (secondary N) is 2. The smallest absolute Gasteiger partial charge is 0.256 e. The third kappa shape index (κ3) is 3.73. The summed E-state index contributed by atoms with van der Waals surface area (Å²) < 4.78 is 5.95. The van der Waals surface area contributed by atoms with Crippen molar-refractivity contribution in [3.05, 3.63) is 124 Å². The number of benzene rings is 4. The molecule has 1 aliphatic carbocycles. The van der Waals surface area contributed by atoms with Crippen molar-refractivity contribution < 1.29 is 19.1 Å². The van der Waals surface area contributed by atoms with Gasteiger partial charge in [0.15, 0.2) is 17.4 Å². The van der Waals surface area contributed by atoms with Crippen LogP contribution in [0.2, 0.25) is 0 Å². The molecule has 0 radical (unpaired) electrons. The number of anilines is 1. The van der Waals surface area contributed by atoms with Crippen molar-refractivity contribution >= 4 is 34.2 Å². The first-order valence-electron chi connectivity index (χ1n) is 11.4. The zero-order valence-corrected chi connectivity index (χ0v) is 18.9. The predicted octanol–water partition coefficient (Wildman–Crippen LogP) is 5.17. The Balaban J connectivity index is 1.19. The molecule has 0 unspecified atom stereocenters. The largest absolute Gasteiger partial charge is 0.489 e. The summed E-state index contributed by atoms with van der Waals surface area (Å²) in [7, 11) is 0. The number of nitrogens with zero attached hydrogens (tertiary/aromatic N) is 1. The van der Waals surface area contributed by atoms with Gasteiger partial charge in [0, 0.05) is 39.3 Å². The SMILES string of the molecule is O=C(Nc1n[nH]c2cc(OCc3ccc4c(c3)C(=O)c3ccccc3C4=O)ccc12)c1ccccc1. The van der Waals surface area contributed by atoms with Gasteiger partial charge in [0.2, 0.25) is 0 Å². The maximum Gasteiger partial charge on any atom is 0.256 e. The van der Waals surface area contributed by atoms with E-state index in [0.29, 0.717) is 44.9 Å². The lowest BCUT2D eigenvalue weighted by Crippen LogP contribution is -2.21.